The van der Waals surface area contributed by atoms with Gasteiger partial charge in [0.05, 0.1) is 11.4 Å². The Hall–Kier alpha value is -2.75. The second-order valence-corrected chi connectivity index (χ2v) is 8.42. The van der Waals surface area contributed by atoms with Gasteiger partial charge in [-0.3, -0.25) is 14.5 Å². The molecule has 0 atom stereocenters. The first-order chi connectivity index (χ1) is 13.4. The fourth-order valence-corrected chi connectivity index (χ4v) is 4.43. The number of nitrogens with zero attached hydrogens (tertiary/aromatic N) is 2. The number of carbonyl (C=O) groups is 2. The summed E-state index contributed by atoms with van der Waals surface area (Å²) in [6.45, 7) is 1.77. The van der Waals surface area contributed by atoms with Crippen LogP contribution in [0.2, 0.25) is 0 Å². The number of hydrogen-bond donors (Lipinski definition) is 2. The van der Waals surface area contributed by atoms with Crippen molar-refractivity contribution in [1.82, 2.24) is 9.21 Å². The highest BCUT2D eigenvalue weighted by molar-refractivity contribution is 7.89. The molecule has 3 N–H and O–H groups in total. The van der Waals surface area contributed by atoms with E-state index in [2.05, 4.69) is 5.32 Å². The summed E-state index contributed by atoms with van der Waals surface area (Å²) in [5.74, 6) is -0.729. The van der Waals surface area contributed by atoms with Crippen LogP contribution in [0.1, 0.15) is 10.4 Å². The number of nitrogens with one attached hydrogen (secondary N) is 1. The Morgan fingerprint density at radius 3 is 2.11 bits per heavy atom. The van der Waals surface area contributed by atoms with Gasteiger partial charge in [0.15, 0.2) is 0 Å². The quantitative estimate of drug-likeness (QED) is 0.740. The smallest absolute Gasteiger partial charge is 0.248 e. The van der Waals surface area contributed by atoms with Gasteiger partial charge < -0.3 is 11.1 Å². The third kappa shape index (κ3) is 4.75. The Bertz CT molecular complexity index is 938. The standard InChI is InChI=1S/C19H22N4O4S/c20-19(25)15-6-8-16(9-7-15)21-18(24)14-22-10-12-23(13-11-22)28(26,27)17-4-2-1-3-5-17/h1-9H,10-14H2,(H2,20,25)(H,21,24). The average molecular weight is 402 g/mol. The molecule has 1 aliphatic rings. The van der Waals surface area contributed by atoms with Gasteiger partial charge in [-0.25, -0.2) is 8.42 Å². The van der Waals surface area contributed by atoms with Gasteiger partial charge in [0, 0.05) is 37.4 Å². The van der Waals surface area contributed by atoms with Crippen LogP contribution in [0.4, 0.5) is 5.69 Å². The number of hydrogen-bond acceptors (Lipinski definition) is 5. The first-order valence-corrected chi connectivity index (χ1v) is 10.3. The van der Waals surface area contributed by atoms with Crippen molar-refractivity contribution in [3.8, 4) is 0 Å². The van der Waals surface area contributed by atoms with Crippen molar-refractivity contribution in [2.45, 2.75) is 4.90 Å². The number of anilines is 1. The second kappa shape index (κ2) is 8.51. The number of sulfonamides is 1. The van der Waals surface area contributed by atoms with Crippen LogP contribution in [0.15, 0.2) is 59.5 Å². The Kier molecular flexibility index (Phi) is 6.08. The van der Waals surface area contributed by atoms with Crippen LogP contribution in [0, 0.1) is 0 Å². The molecular weight excluding hydrogens is 380 g/mol. The van der Waals surface area contributed by atoms with Crippen molar-refractivity contribution in [3.63, 3.8) is 0 Å². The maximum absolute atomic E-state index is 12.6. The molecule has 0 aromatic heterocycles. The number of rotatable bonds is 6. The lowest BCUT2D eigenvalue weighted by molar-refractivity contribution is -0.117. The van der Waals surface area contributed by atoms with E-state index in [0.717, 1.165) is 0 Å². The van der Waals surface area contributed by atoms with E-state index in [9.17, 15) is 18.0 Å². The van der Waals surface area contributed by atoms with Gasteiger partial charge in [0.2, 0.25) is 21.8 Å². The molecule has 0 saturated carbocycles. The van der Waals surface area contributed by atoms with Gasteiger partial charge >= 0.3 is 0 Å². The van der Waals surface area contributed by atoms with Crippen molar-refractivity contribution >= 4 is 27.5 Å². The largest absolute Gasteiger partial charge is 0.366 e. The molecule has 1 heterocycles. The molecule has 0 unspecified atom stereocenters. The molecule has 9 heteroatoms. The van der Waals surface area contributed by atoms with E-state index in [1.807, 2.05) is 4.90 Å². The maximum Gasteiger partial charge on any atom is 0.248 e. The van der Waals surface area contributed by atoms with Crippen LogP contribution in [0.3, 0.4) is 0 Å². The van der Waals surface area contributed by atoms with Crippen molar-refractivity contribution < 1.29 is 18.0 Å². The van der Waals surface area contributed by atoms with E-state index >= 15 is 0 Å². The minimum absolute atomic E-state index is 0.163. The molecule has 2 aromatic carbocycles. The van der Waals surface area contributed by atoms with Gasteiger partial charge in [-0.15, -0.1) is 0 Å². The first-order valence-electron chi connectivity index (χ1n) is 8.83. The predicted octanol–water partition coefficient (Wildman–Crippen LogP) is 0.731. The Labute approximate surface area is 164 Å². The molecular formula is C19H22N4O4S. The minimum atomic E-state index is -3.51. The SMILES string of the molecule is NC(=O)c1ccc(NC(=O)CN2CCN(S(=O)(=O)c3ccccc3)CC2)cc1. The summed E-state index contributed by atoms with van der Waals surface area (Å²) in [6.07, 6.45) is 0. The van der Waals surface area contributed by atoms with Gasteiger partial charge in [-0.1, -0.05) is 18.2 Å². The monoisotopic (exact) mass is 402 g/mol. The lowest BCUT2D eigenvalue weighted by Crippen LogP contribution is -2.50. The molecule has 1 aliphatic heterocycles. The number of piperazine rings is 1. The summed E-state index contributed by atoms with van der Waals surface area (Å²) >= 11 is 0. The molecule has 0 spiro atoms. The number of benzene rings is 2. The predicted molar refractivity (Wildman–Crippen MR) is 105 cm³/mol. The van der Waals surface area contributed by atoms with E-state index in [-0.39, 0.29) is 17.3 Å². The van der Waals surface area contributed by atoms with E-state index in [0.29, 0.717) is 37.4 Å². The fourth-order valence-electron chi connectivity index (χ4n) is 2.99. The van der Waals surface area contributed by atoms with Gasteiger partial charge in [0.1, 0.15) is 0 Å². The fraction of sp³-hybridized carbons (Fsp3) is 0.263. The summed E-state index contributed by atoms with van der Waals surface area (Å²) < 4.78 is 26.7. The highest BCUT2D eigenvalue weighted by Crippen LogP contribution is 2.17. The maximum atomic E-state index is 12.6. The molecule has 3 rings (SSSR count). The Balaban J connectivity index is 1.51. The molecule has 0 radical (unpaired) electrons. The molecule has 1 fully saturated rings. The Morgan fingerprint density at radius 2 is 1.54 bits per heavy atom. The van der Waals surface area contributed by atoms with Gasteiger partial charge in [-0.05, 0) is 36.4 Å². The molecule has 28 heavy (non-hydrogen) atoms. The molecule has 0 aliphatic carbocycles. The lowest BCUT2D eigenvalue weighted by atomic mass is 10.2. The van der Waals surface area contributed by atoms with E-state index in [1.165, 1.54) is 4.31 Å². The number of primary amides is 1. The first kappa shape index (κ1) is 20.0. The van der Waals surface area contributed by atoms with E-state index < -0.39 is 15.9 Å². The third-order valence-electron chi connectivity index (χ3n) is 4.53. The summed E-state index contributed by atoms with van der Waals surface area (Å²) in [5.41, 5.74) is 6.13. The van der Waals surface area contributed by atoms with Crippen LogP contribution < -0.4 is 11.1 Å². The van der Waals surface area contributed by atoms with Crippen molar-refractivity contribution in [2.24, 2.45) is 5.73 Å². The van der Waals surface area contributed by atoms with Crippen molar-refractivity contribution in [3.05, 3.63) is 60.2 Å². The molecule has 8 nitrogen and oxygen atoms in total. The zero-order chi connectivity index (χ0) is 20.1. The summed E-state index contributed by atoms with van der Waals surface area (Å²) in [5, 5.41) is 2.76. The number of amides is 2. The second-order valence-electron chi connectivity index (χ2n) is 6.48. The topological polar surface area (TPSA) is 113 Å². The molecule has 2 aromatic rings. The van der Waals surface area contributed by atoms with E-state index in [4.69, 9.17) is 5.73 Å². The molecule has 2 amide bonds. The highest BCUT2D eigenvalue weighted by atomic mass is 32.2. The van der Waals surface area contributed by atoms with Crippen LogP contribution in [-0.4, -0.2) is 62.2 Å². The summed E-state index contributed by atoms with van der Waals surface area (Å²) in [4.78, 5) is 25.5. The van der Waals surface area contributed by atoms with Crippen LogP contribution >= 0.6 is 0 Å². The summed E-state index contributed by atoms with van der Waals surface area (Å²) in [7, 11) is -3.51. The van der Waals surface area contributed by atoms with Gasteiger partial charge in [-0.2, -0.15) is 4.31 Å². The minimum Gasteiger partial charge on any atom is -0.366 e. The third-order valence-corrected chi connectivity index (χ3v) is 6.45. The number of carbonyl (C=O) groups excluding carboxylic acids is 2. The zero-order valence-corrected chi connectivity index (χ0v) is 16.1. The van der Waals surface area contributed by atoms with Crippen molar-refractivity contribution in [2.75, 3.05) is 38.0 Å². The van der Waals surface area contributed by atoms with Crippen LogP contribution in [0.5, 0.6) is 0 Å². The summed E-state index contributed by atoms with van der Waals surface area (Å²) in [6, 6.07) is 14.7. The molecule has 0 bridgehead atoms. The lowest BCUT2D eigenvalue weighted by Gasteiger charge is -2.33. The Morgan fingerprint density at radius 1 is 0.929 bits per heavy atom. The van der Waals surface area contributed by atoms with Crippen LogP contribution in [-0.2, 0) is 14.8 Å². The molecule has 1 saturated heterocycles. The van der Waals surface area contributed by atoms with Crippen molar-refractivity contribution in [1.29, 1.82) is 0 Å². The highest BCUT2D eigenvalue weighted by Gasteiger charge is 2.28. The van der Waals surface area contributed by atoms with Crippen LogP contribution in [0.25, 0.3) is 0 Å². The van der Waals surface area contributed by atoms with Gasteiger partial charge in [0.25, 0.3) is 0 Å². The zero-order valence-electron chi connectivity index (χ0n) is 15.2. The molecule has 148 valence electrons. The number of nitrogens with two attached hydrogens (primary N) is 1. The average Bonchev–Trinajstić information content (AvgIpc) is 2.69. The van der Waals surface area contributed by atoms with E-state index in [1.54, 1.807) is 54.6 Å². The normalized spacial score (nSPS) is 15.9.